The van der Waals surface area contributed by atoms with Crippen molar-refractivity contribution in [2.24, 2.45) is 0 Å². The third-order valence-corrected chi connectivity index (χ3v) is 3.72. The molecule has 0 atom stereocenters. The van der Waals surface area contributed by atoms with E-state index in [9.17, 15) is 4.79 Å². The lowest BCUT2D eigenvalue weighted by atomic mass is 9.80. The molecule has 0 radical (unpaired) electrons. The maximum atomic E-state index is 11.7. The molecular formula is C15H21N3O2. The first-order chi connectivity index (χ1) is 9.69. The molecule has 0 unspecified atom stereocenters. The van der Waals surface area contributed by atoms with E-state index in [0.29, 0.717) is 12.1 Å². The van der Waals surface area contributed by atoms with Crippen LogP contribution in [0.4, 0.5) is 5.82 Å². The summed E-state index contributed by atoms with van der Waals surface area (Å²) in [4.78, 5) is 15.9. The Kier molecular flexibility index (Phi) is 4.74. The minimum absolute atomic E-state index is 0.0400. The highest BCUT2D eigenvalue weighted by atomic mass is 16.5. The highest BCUT2D eigenvalue weighted by Crippen LogP contribution is 2.34. The second kappa shape index (κ2) is 6.52. The summed E-state index contributed by atoms with van der Waals surface area (Å²) in [5.74, 6) is 0.616. The van der Waals surface area contributed by atoms with Crippen molar-refractivity contribution >= 4 is 11.7 Å². The second-order valence-corrected chi connectivity index (χ2v) is 5.03. The van der Waals surface area contributed by atoms with Crippen molar-refractivity contribution < 1.29 is 9.53 Å². The van der Waals surface area contributed by atoms with Gasteiger partial charge < -0.3 is 15.4 Å². The number of aromatic nitrogens is 1. The predicted molar refractivity (Wildman–Crippen MR) is 78.8 cm³/mol. The quantitative estimate of drug-likeness (QED) is 0.747. The number of carbonyl (C=O) groups is 1. The van der Waals surface area contributed by atoms with Crippen LogP contribution >= 0.6 is 0 Å². The van der Waals surface area contributed by atoms with Crippen LogP contribution in [0.1, 0.15) is 29.6 Å². The molecule has 0 saturated heterocycles. The lowest BCUT2D eigenvalue weighted by Gasteiger charge is -2.40. The Morgan fingerprint density at radius 2 is 2.35 bits per heavy atom. The van der Waals surface area contributed by atoms with Gasteiger partial charge in [-0.25, -0.2) is 4.98 Å². The van der Waals surface area contributed by atoms with Crippen LogP contribution in [0.3, 0.4) is 0 Å². The Balaban J connectivity index is 1.88. The molecule has 1 aliphatic rings. The van der Waals surface area contributed by atoms with Crippen LogP contribution < -0.4 is 10.6 Å². The summed E-state index contributed by atoms with van der Waals surface area (Å²) in [5.41, 5.74) is 0.504. The smallest absolute Gasteiger partial charge is 0.253 e. The van der Waals surface area contributed by atoms with Crippen molar-refractivity contribution in [3.05, 3.63) is 36.5 Å². The highest BCUT2D eigenvalue weighted by Gasteiger charge is 2.36. The zero-order valence-corrected chi connectivity index (χ0v) is 11.8. The van der Waals surface area contributed by atoms with E-state index < -0.39 is 0 Å². The second-order valence-electron chi connectivity index (χ2n) is 5.03. The summed E-state index contributed by atoms with van der Waals surface area (Å²) >= 11 is 0. The van der Waals surface area contributed by atoms with Crippen molar-refractivity contribution in [1.29, 1.82) is 0 Å². The first-order valence-corrected chi connectivity index (χ1v) is 6.83. The maximum absolute atomic E-state index is 11.7. The van der Waals surface area contributed by atoms with Crippen LogP contribution in [-0.4, -0.2) is 36.7 Å². The molecule has 2 rings (SSSR count). The molecule has 1 saturated carbocycles. The number of nitrogens with zero attached hydrogens (tertiary/aromatic N) is 1. The number of anilines is 1. The average Bonchev–Trinajstić information content (AvgIpc) is 2.45. The maximum Gasteiger partial charge on any atom is 0.253 e. The first-order valence-electron chi connectivity index (χ1n) is 6.83. The van der Waals surface area contributed by atoms with Gasteiger partial charge in [0, 0.05) is 26.4 Å². The fraction of sp³-hybridized carbons (Fsp3) is 0.467. The van der Waals surface area contributed by atoms with Gasteiger partial charge in [-0.3, -0.25) is 4.79 Å². The molecule has 1 heterocycles. The van der Waals surface area contributed by atoms with Gasteiger partial charge in [-0.2, -0.15) is 0 Å². The summed E-state index contributed by atoms with van der Waals surface area (Å²) < 4.78 is 5.54. The Bertz CT molecular complexity index is 461. The lowest BCUT2D eigenvalue weighted by molar-refractivity contribution is -0.0601. The third kappa shape index (κ3) is 3.36. The van der Waals surface area contributed by atoms with Gasteiger partial charge in [-0.1, -0.05) is 6.08 Å². The molecule has 1 aliphatic carbocycles. The van der Waals surface area contributed by atoms with E-state index in [2.05, 4.69) is 22.2 Å². The fourth-order valence-corrected chi connectivity index (χ4v) is 2.18. The molecule has 2 N–H and O–H groups in total. The lowest BCUT2D eigenvalue weighted by Crippen LogP contribution is -2.45. The van der Waals surface area contributed by atoms with Crippen LogP contribution in [-0.2, 0) is 4.74 Å². The van der Waals surface area contributed by atoms with E-state index in [1.54, 1.807) is 25.4 Å². The van der Waals surface area contributed by atoms with Crippen molar-refractivity contribution in [1.82, 2.24) is 10.3 Å². The van der Waals surface area contributed by atoms with Gasteiger partial charge in [0.1, 0.15) is 5.82 Å². The van der Waals surface area contributed by atoms with Crippen molar-refractivity contribution in [3.8, 4) is 0 Å². The summed E-state index contributed by atoms with van der Waals surface area (Å²) in [6.45, 7) is 4.76. The molecule has 5 nitrogen and oxygen atoms in total. The summed E-state index contributed by atoms with van der Waals surface area (Å²) in [5, 5.41) is 5.98. The Hall–Kier alpha value is -1.88. The molecule has 5 heteroatoms. The monoisotopic (exact) mass is 275 g/mol. The molecule has 0 aliphatic heterocycles. The molecular weight excluding hydrogens is 254 g/mol. The fourth-order valence-electron chi connectivity index (χ4n) is 2.18. The van der Waals surface area contributed by atoms with Crippen LogP contribution in [0.25, 0.3) is 0 Å². The number of methoxy groups -OCH3 is 1. The third-order valence-electron chi connectivity index (χ3n) is 3.72. The Morgan fingerprint density at radius 1 is 1.55 bits per heavy atom. The minimum atomic E-state index is -0.142. The molecule has 20 heavy (non-hydrogen) atoms. The van der Waals surface area contributed by atoms with Crippen molar-refractivity contribution in [2.45, 2.75) is 24.9 Å². The Labute approximate surface area is 119 Å². The van der Waals surface area contributed by atoms with Gasteiger partial charge in [0.05, 0.1) is 11.2 Å². The minimum Gasteiger partial charge on any atom is -0.376 e. The summed E-state index contributed by atoms with van der Waals surface area (Å²) in [7, 11) is 1.75. The largest absolute Gasteiger partial charge is 0.376 e. The number of hydrogen-bond acceptors (Lipinski definition) is 4. The topological polar surface area (TPSA) is 63.2 Å². The normalized spacial score (nSPS) is 16.1. The molecule has 1 amide bonds. The van der Waals surface area contributed by atoms with Gasteiger partial charge in [0.15, 0.2) is 0 Å². The molecule has 1 aromatic heterocycles. The van der Waals surface area contributed by atoms with E-state index in [1.165, 1.54) is 6.42 Å². The number of rotatable bonds is 7. The number of nitrogens with one attached hydrogen (secondary N) is 2. The Morgan fingerprint density at radius 3 is 2.85 bits per heavy atom. The molecule has 108 valence electrons. The van der Waals surface area contributed by atoms with Gasteiger partial charge in [0.25, 0.3) is 5.91 Å². The van der Waals surface area contributed by atoms with Gasteiger partial charge >= 0.3 is 0 Å². The SMILES string of the molecule is C=CCNC(=O)c1ccc(NCC2(OC)CCC2)nc1. The summed E-state index contributed by atoms with van der Waals surface area (Å²) in [6.07, 6.45) is 6.59. The van der Waals surface area contributed by atoms with E-state index >= 15 is 0 Å². The zero-order valence-electron chi connectivity index (χ0n) is 11.8. The average molecular weight is 275 g/mol. The zero-order chi connectivity index (χ0) is 14.4. The number of hydrogen-bond donors (Lipinski definition) is 2. The number of amides is 1. The van der Waals surface area contributed by atoms with Gasteiger partial charge in [-0.05, 0) is 31.4 Å². The van der Waals surface area contributed by atoms with Crippen LogP contribution in [0, 0.1) is 0 Å². The molecule has 1 aromatic rings. The molecule has 0 bridgehead atoms. The van der Waals surface area contributed by atoms with Crippen LogP contribution in [0.2, 0.25) is 0 Å². The van der Waals surface area contributed by atoms with E-state index in [1.807, 2.05) is 6.07 Å². The van der Waals surface area contributed by atoms with E-state index in [-0.39, 0.29) is 11.5 Å². The standard InChI is InChI=1S/C15H21N3O2/c1-3-9-16-14(19)12-5-6-13(17-10-12)18-11-15(20-2)7-4-8-15/h3,5-6,10H,1,4,7-9,11H2,2H3,(H,16,19)(H,17,18). The van der Waals surface area contributed by atoms with E-state index in [0.717, 1.165) is 25.2 Å². The van der Waals surface area contributed by atoms with Crippen molar-refractivity contribution in [2.75, 3.05) is 25.5 Å². The number of carbonyl (C=O) groups excluding carboxylic acids is 1. The predicted octanol–water partition coefficient (Wildman–Crippen LogP) is 1.98. The number of ether oxygens (including phenoxy) is 1. The van der Waals surface area contributed by atoms with Crippen LogP contribution in [0.15, 0.2) is 31.0 Å². The molecule has 0 spiro atoms. The first kappa shape index (κ1) is 14.5. The molecule has 0 aromatic carbocycles. The summed E-state index contributed by atoms with van der Waals surface area (Å²) in [6, 6.07) is 3.57. The van der Waals surface area contributed by atoms with Crippen molar-refractivity contribution in [3.63, 3.8) is 0 Å². The number of pyridine rings is 1. The highest BCUT2D eigenvalue weighted by molar-refractivity contribution is 5.94. The van der Waals surface area contributed by atoms with Gasteiger partial charge in [0.2, 0.25) is 0 Å². The van der Waals surface area contributed by atoms with E-state index in [4.69, 9.17) is 4.74 Å². The van der Waals surface area contributed by atoms with Crippen LogP contribution in [0.5, 0.6) is 0 Å². The van der Waals surface area contributed by atoms with Gasteiger partial charge in [-0.15, -0.1) is 6.58 Å². The molecule has 1 fully saturated rings.